The zero-order chi connectivity index (χ0) is 17.6. The Hall–Kier alpha value is -3.34. The maximum Gasteiger partial charge on any atom is 0.279 e. The van der Waals surface area contributed by atoms with Crippen LogP contribution in [0.1, 0.15) is 12.5 Å². The molecule has 124 valence electrons. The molecule has 0 aliphatic rings. The van der Waals surface area contributed by atoms with E-state index in [1.165, 1.54) is 6.92 Å². The van der Waals surface area contributed by atoms with E-state index in [1.807, 2.05) is 72.1 Å². The fraction of sp³-hybridized carbons (Fsp3) is 0.100. The smallest absolute Gasteiger partial charge is 0.279 e. The summed E-state index contributed by atoms with van der Waals surface area (Å²) in [5.41, 5.74) is 4.74. The molecule has 1 amide bonds. The highest BCUT2D eigenvalue weighted by Gasteiger charge is 2.13. The second kappa shape index (κ2) is 5.63. The van der Waals surface area contributed by atoms with E-state index in [9.17, 15) is 9.59 Å². The summed E-state index contributed by atoms with van der Waals surface area (Å²) in [6, 6.07) is 17.1. The maximum atomic E-state index is 13.1. The Bertz CT molecular complexity index is 1170. The van der Waals surface area contributed by atoms with Crippen molar-refractivity contribution >= 4 is 28.1 Å². The fourth-order valence-corrected chi connectivity index (χ4v) is 3.13. The molecule has 25 heavy (non-hydrogen) atoms. The summed E-state index contributed by atoms with van der Waals surface area (Å²) in [6.45, 7) is 3.47. The molecule has 0 spiro atoms. The largest absolute Gasteiger partial charge is 0.326 e. The standard InChI is InChI=1S/C20H17N3O2/c1-13-5-8-16(9-6-13)23-19-12-15(21-14(2)24)7-10-17(19)22-11-3-4-18(22)20(23)25/h3-12H,1-2H3,(H,21,24). The number of carbonyl (C=O) groups excluding carboxylic acids is 1. The minimum atomic E-state index is -0.148. The van der Waals surface area contributed by atoms with Crippen LogP contribution in [0.5, 0.6) is 0 Å². The highest BCUT2D eigenvalue weighted by atomic mass is 16.1. The molecule has 4 rings (SSSR count). The minimum Gasteiger partial charge on any atom is -0.326 e. The molecule has 2 aromatic heterocycles. The topological polar surface area (TPSA) is 55.5 Å². The van der Waals surface area contributed by atoms with E-state index in [4.69, 9.17) is 0 Å². The Morgan fingerprint density at radius 1 is 0.960 bits per heavy atom. The quantitative estimate of drug-likeness (QED) is 0.611. The number of carbonyl (C=O) groups is 1. The van der Waals surface area contributed by atoms with Crippen LogP contribution < -0.4 is 10.9 Å². The predicted octanol–water partition coefficient (Wildman–Crippen LogP) is 3.51. The molecular formula is C20H17N3O2. The van der Waals surface area contributed by atoms with Gasteiger partial charge in [0.15, 0.2) is 0 Å². The number of aromatic nitrogens is 2. The number of fused-ring (bicyclic) bond motifs is 3. The number of benzene rings is 2. The molecule has 0 saturated heterocycles. The third-order valence-corrected chi connectivity index (χ3v) is 4.26. The lowest BCUT2D eigenvalue weighted by Crippen LogP contribution is -2.21. The van der Waals surface area contributed by atoms with E-state index in [2.05, 4.69) is 5.32 Å². The Labute approximate surface area is 144 Å². The van der Waals surface area contributed by atoms with Crippen LogP contribution in [-0.2, 0) is 4.79 Å². The van der Waals surface area contributed by atoms with Crippen molar-refractivity contribution in [1.29, 1.82) is 0 Å². The molecule has 5 nitrogen and oxygen atoms in total. The molecule has 2 aromatic carbocycles. The predicted molar refractivity (Wildman–Crippen MR) is 99.5 cm³/mol. The molecule has 0 saturated carbocycles. The minimum absolute atomic E-state index is 0.0960. The van der Waals surface area contributed by atoms with Gasteiger partial charge in [0, 0.05) is 24.5 Å². The highest BCUT2D eigenvalue weighted by Crippen LogP contribution is 2.23. The summed E-state index contributed by atoms with van der Waals surface area (Å²) in [5.74, 6) is -0.148. The first-order valence-electron chi connectivity index (χ1n) is 8.05. The number of nitrogens with zero attached hydrogens (tertiary/aromatic N) is 2. The van der Waals surface area contributed by atoms with E-state index in [-0.39, 0.29) is 11.5 Å². The Morgan fingerprint density at radius 3 is 2.44 bits per heavy atom. The van der Waals surface area contributed by atoms with E-state index in [1.54, 1.807) is 4.57 Å². The normalized spacial score (nSPS) is 11.1. The van der Waals surface area contributed by atoms with Crippen LogP contribution in [0.3, 0.4) is 0 Å². The van der Waals surface area contributed by atoms with E-state index < -0.39 is 0 Å². The first-order chi connectivity index (χ1) is 12.0. The van der Waals surface area contributed by atoms with Gasteiger partial charge in [0.05, 0.1) is 11.0 Å². The molecule has 0 atom stereocenters. The van der Waals surface area contributed by atoms with Crippen molar-refractivity contribution in [3.8, 4) is 5.69 Å². The van der Waals surface area contributed by atoms with Gasteiger partial charge in [0.25, 0.3) is 5.56 Å². The average Bonchev–Trinajstić information content (AvgIpc) is 3.06. The average molecular weight is 331 g/mol. The van der Waals surface area contributed by atoms with Crippen molar-refractivity contribution in [3.63, 3.8) is 0 Å². The highest BCUT2D eigenvalue weighted by molar-refractivity contribution is 5.92. The molecule has 0 fully saturated rings. The lowest BCUT2D eigenvalue weighted by atomic mass is 10.2. The number of amides is 1. The zero-order valence-electron chi connectivity index (χ0n) is 14.0. The number of hydrogen-bond donors (Lipinski definition) is 1. The van der Waals surface area contributed by atoms with Crippen LogP contribution >= 0.6 is 0 Å². The molecule has 0 bridgehead atoms. The molecule has 5 heteroatoms. The SMILES string of the molecule is CC(=O)Nc1ccc2c(c1)n(-c1ccc(C)cc1)c(=O)c1cccn12. The van der Waals surface area contributed by atoms with Crippen LogP contribution in [0.15, 0.2) is 65.6 Å². The summed E-state index contributed by atoms with van der Waals surface area (Å²) >= 11 is 0. The summed E-state index contributed by atoms with van der Waals surface area (Å²) in [5, 5.41) is 2.78. The first kappa shape index (κ1) is 15.2. The summed E-state index contributed by atoms with van der Waals surface area (Å²) in [4.78, 5) is 24.5. The van der Waals surface area contributed by atoms with Gasteiger partial charge in [0.1, 0.15) is 5.52 Å². The number of nitrogens with one attached hydrogen (secondary N) is 1. The molecular weight excluding hydrogens is 314 g/mol. The lowest BCUT2D eigenvalue weighted by Gasteiger charge is -2.14. The number of anilines is 1. The second-order valence-electron chi connectivity index (χ2n) is 6.12. The Balaban J connectivity index is 2.12. The van der Waals surface area contributed by atoms with Gasteiger partial charge in [-0.2, -0.15) is 0 Å². The number of hydrogen-bond acceptors (Lipinski definition) is 2. The maximum absolute atomic E-state index is 13.1. The van der Waals surface area contributed by atoms with Crippen molar-refractivity contribution in [2.75, 3.05) is 5.32 Å². The van der Waals surface area contributed by atoms with Crippen LogP contribution in [0.4, 0.5) is 5.69 Å². The van der Waals surface area contributed by atoms with Crippen molar-refractivity contribution < 1.29 is 4.79 Å². The van der Waals surface area contributed by atoms with Gasteiger partial charge in [-0.05, 0) is 49.4 Å². The van der Waals surface area contributed by atoms with Crippen molar-refractivity contribution in [3.05, 3.63) is 76.7 Å². The Morgan fingerprint density at radius 2 is 1.72 bits per heavy atom. The number of aryl methyl sites for hydroxylation is 1. The van der Waals surface area contributed by atoms with Gasteiger partial charge in [-0.25, -0.2) is 0 Å². The number of rotatable bonds is 2. The van der Waals surface area contributed by atoms with Gasteiger partial charge in [-0.3, -0.25) is 14.2 Å². The fourth-order valence-electron chi connectivity index (χ4n) is 3.13. The first-order valence-corrected chi connectivity index (χ1v) is 8.05. The van der Waals surface area contributed by atoms with Gasteiger partial charge in [0.2, 0.25) is 5.91 Å². The summed E-state index contributed by atoms with van der Waals surface area (Å²) in [7, 11) is 0. The zero-order valence-corrected chi connectivity index (χ0v) is 14.0. The molecule has 0 aliphatic heterocycles. The van der Waals surface area contributed by atoms with Crippen LogP contribution in [-0.4, -0.2) is 14.9 Å². The van der Waals surface area contributed by atoms with E-state index in [0.717, 1.165) is 22.3 Å². The van der Waals surface area contributed by atoms with Crippen LogP contribution in [0, 0.1) is 6.92 Å². The lowest BCUT2D eigenvalue weighted by molar-refractivity contribution is -0.114. The molecule has 2 heterocycles. The van der Waals surface area contributed by atoms with Gasteiger partial charge < -0.3 is 9.72 Å². The molecule has 0 aliphatic carbocycles. The molecule has 1 N–H and O–H groups in total. The molecule has 0 unspecified atom stereocenters. The van der Waals surface area contributed by atoms with Crippen molar-refractivity contribution in [1.82, 2.24) is 8.97 Å². The van der Waals surface area contributed by atoms with Crippen molar-refractivity contribution in [2.45, 2.75) is 13.8 Å². The van der Waals surface area contributed by atoms with Crippen LogP contribution in [0.2, 0.25) is 0 Å². The molecule has 0 radical (unpaired) electrons. The van der Waals surface area contributed by atoms with Crippen LogP contribution in [0.25, 0.3) is 22.2 Å². The second-order valence-corrected chi connectivity index (χ2v) is 6.12. The summed E-state index contributed by atoms with van der Waals surface area (Å²) < 4.78 is 3.56. The summed E-state index contributed by atoms with van der Waals surface area (Å²) in [6.07, 6.45) is 1.87. The molecule has 4 aromatic rings. The van der Waals surface area contributed by atoms with Crippen molar-refractivity contribution in [2.24, 2.45) is 0 Å². The van der Waals surface area contributed by atoms with E-state index in [0.29, 0.717) is 11.2 Å². The third kappa shape index (κ3) is 2.50. The van der Waals surface area contributed by atoms with Gasteiger partial charge in [-0.15, -0.1) is 0 Å². The third-order valence-electron chi connectivity index (χ3n) is 4.26. The van der Waals surface area contributed by atoms with Gasteiger partial charge in [-0.1, -0.05) is 17.7 Å². The van der Waals surface area contributed by atoms with Gasteiger partial charge >= 0.3 is 0 Å². The Kier molecular flexibility index (Phi) is 3.42. The monoisotopic (exact) mass is 331 g/mol. The van der Waals surface area contributed by atoms with E-state index >= 15 is 0 Å².